The van der Waals surface area contributed by atoms with Crippen LogP contribution in [0.4, 0.5) is 11.8 Å². The summed E-state index contributed by atoms with van der Waals surface area (Å²) in [5.74, 6) is 1.93. The highest BCUT2D eigenvalue weighted by atomic mass is 15.0. The van der Waals surface area contributed by atoms with Crippen molar-refractivity contribution in [2.75, 3.05) is 17.6 Å². The fraction of sp³-hybridized carbons (Fsp3) is 0.385. The first-order chi connectivity index (χ1) is 8.69. The number of H-pyrrole nitrogens is 1. The Morgan fingerprint density at radius 2 is 2.33 bits per heavy atom. The Kier molecular flexibility index (Phi) is 3.82. The van der Waals surface area contributed by atoms with E-state index in [9.17, 15) is 0 Å². The zero-order valence-corrected chi connectivity index (χ0v) is 10.8. The van der Waals surface area contributed by atoms with Crippen LogP contribution in [-0.4, -0.2) is 21.5 Å². The molecule has 2 rings (SSSR count). The molecule has 1 unspecified atom stereocenters. The number of nitrogens with zero attached hydrogens (tertiary/aromatic N) is 2. The molecule has 18 heavy (non-hydrogen) atoms. The second kappa shape index (κ2) is 5.53. The molecule has 2 aromatic rings. The number of pyridine rings is 1. The molecule has 0 saturated carbocycles. The minimum Gasteiger partial charge on any atom is -0.370 e. The monoisotopic (exact) mass is 245 g/mol. The highest BCUT2D eigenvalue weighted by molar-refractivity contribution is 5.63. The zero-order valence-electron chi connectivity index (χ0n) is 10.8. The summed E-state index contributed by atoms with van der Waals surface area (Å²) in [5, 5.41) is 3.33. The lowest BCUT2D eigenvalue weighted by molar-refractivity contribution is 0.592. The second-order valence-electron chi connectivity index (χ2n) is 4.50. The second-order valence-corrected chi connectivity index (χ2v) is 4.50. The SMILES string of the molecule is CCC(C)CNc1cc(-c2c[nH]c(N)n2)ccn1. The molecule has 4 N–H and O–H groups in total. The van der Waals surface area contributed by atoms with Crippen molar-refractivity contribution in [3.05, 3.63) is 24.5 Å². The van der Waals surface area contributed by atoms with Crippen molar-refractivity contribution >= 4 is 11.8 Å². The van der Waals surface area contributed by atoms with Crippen LogP contribution >= 0.6 is 0 Å². The predicted molar refractivity (Wildman–Crippen MR) is 74.2 cm³/mol. The van der Waals surface area contributed by atoms with Gasteiger partial charge in [-0.05, 0) is 18.1 Å². The van der Waals surface area contributed by atoms with E-state index < -0.39 is 0 Å². The number of nitrogens with one attached hydrogen (secondary N) is 2. The third-order valence-electron chi connectivity index (χ3n) is 2.98. The van der Waals surface area contributed by atoms with Crippen LogP contribution in [0.2, 0.25) is 0 Å². The Morgan fingerprint density at radius 3 is 3.00 bits per heavy atom. The van der Waals surface area contributed by atoms with Gasteiger partial charge in [0.2, 0.25) is 0 Å². The number of imidazole rings is 1. The van der Waals surface area contributed by atoms with Crippen LogP contribution in [0, 0.1) is 5.92 Å². The molecule has 0 saturated heterocycles. The van der Waals surface area contributed by atoms with Gasteiger partial charge < -0.3 is 16.0 Å². The summed E-state index contributed by atoms with van der Waals surface area (Å²) in [4.78, 5) is 11.4. The number of rotatable bonds is 5. The van der Waals surface area contributed by atoms with Crippen molar-refractivity contribution in [2.45, 2.75) is 20.3 Å². The highest BCUT2D eigenvalue weighted by Gasteiger charge is 2.04. The van der Waals surface area contributed by atoms with Gasteiger partial charge in [-0.2, -0.15) is 0 Å². The smallest absolute Gasteiger partial charge is 0.198 e. The van der Waals surface area contributed by atoms with E-state index in [1.165, 1.54) is 0 Å². The number of nitrogen functional groups attached to an aromatic ring is 1. The largest absolute Gasteiger partial charge is 0.370 e. The van der Waals surface area contributed by atoms with Crippen LogP contribution in [0.5, 0.6) is 0 Å². The van der Waals surface area contributed by atoms with Gasteiger partial charge in [-0.3, -0.25) is 0 Å². The lowest BCUT2D eigenvalue weighted by Gasteiger charge is -2.10. The normalized spacial score (nSPS) is 12.3. The van der Waals surface area contributed by atoms with Crippen LogP contribution in [0.25, 0.3) is 11.3 Å². The van der Waals surface area contributed by atoms with Gasteiger partial charge in [0, 0.05) is 24.5 Å². The molecule has 0 fully saturated rings. The van der Waals surface area contributed by atoms with E-state index in [1.54, 1.807) is 12.4 Å². The number of aromatic amines is 1. The molecule has 0 amide bonds. The van der Waals surface area contributed by atoms with Gasteiger partial charge in [-0.25, -0.2) is 9.97 Å². The van der Waals surface area contributed by atoms with Gasteiger partial charge in [0.1, 0.15) is 5.82 Å². The predicted octanol–water partition coefficient (Wildman–Crippen LogP) is 2.51. The summed E-state index contributed by atoms with van der Waals surface area (Å²) >= 11 is 0. The summed E-state index contributed by atoms with van der Waals surface area (Å²) in [6.07, 6.45) is 4.73. The van der Waals surface area contributed by atoms with E-state index in [2.05, 4.69) is 34.1 Å². The number of nitrogens with two attached hydrogens (primary N) is 1. The lowest BCUT2D eigenvalue weighted by Crippen LogP contribution is -2.11. The van der Waals surface area contributed by atoms with Gasteiger partial charge in [-0.15, -0.1) is 0 Å². The average Bonchev–Trinajstić information content (AvgIpc) is 2.83. The van der Waals surface area contributed by atoms with Gasteiger partial charge in [-0.1, -0.05) is 20.3 Å². The maximum absolute atomic E-state index is 5.57. The van der Waals surface area contributed by atoms with E-state index in [-0.39, 0.29) is 0 Å². The van der Waals surface area contributed by atoms with Crippen molar-refractivity contribution in [3.8, 4) is 11.3 Å². The van der Waals surface area contributed by atoms with E-state index in [0.717, 1.165) is 30.0 Å². The first kappa shape index (κ1) is 12.4. The topological polar surface area (TPSA) is 79.6 Å². The van der Waals surface area contributed by atoms with Crippen LogP contribution in [0.3, 0.4) is 0 Å². The van der Waals surface area contributed by atoms with E-state index >= 15 is 0 Å². The van der Waals surface area contributed by atoms with Crippen molar-refractivity contribution in [1.82, 2.24) is 15.0 Å². The summed E-state index contributed by atoms with van der Waals surface area (Å²) in [7, 11) is 0. The molecule has 0 aliphatic carbocycles. The molecule has 2 aromatic heterocycles. The molecule has 96 valence electrons. The molecule has 0 spiro atoms. The van der Waals surface area contributed by atoms with Crippen LogP contribution in [-0.2, 0) is 0 Å². The third-order valence-corrected chi connectivity index (χ3v) is 2.98. The summed E-state index contributed by atoms with van der Waals surface area (Å²) in [5.41, 5.74) is 7.41. The van der Waals surface area contributed by atoms with Crippen LogP contribution < -0.4 is 11.1 Å². The Morgan fingerprint density at radius 1 is 1.50 bits per heavy atom. The number of aromatic nitrogens is 3. The number of hydrogen-bond donors (Lipinski definition) is 3. The molecule has 0 radical (unpaired) electrons. The molecule has 2 heterocycles. The Hall–Kier alpha value is -2.04. The summed E-state index contributed by atoms with van der Waals surface area (Å²) < 4.78 is 0. The Bertz CT molecular complexity index is 506. The fourth-order valence-electron chi connectivity index (χ4n) is 1.59. The van der Waals surface area contributed by atoms with Crippen molar-refractivity contribution in [1.29, 1.82) is 0 Å². The zero-order chi connectivity index (χ0) is 13.0. The Balaban J connectivity index is 2.10. The van der Waals surface area contributed by atoms with Gasteiger partial charge in [0.05, 0.1) is 5.69 Å². The maximum Gasteiger partial charge on any atom is 0.198 e. The van der Waals surface area contributed by atoms with Crippen LogP contribution in [0.15, 0.2) is 24.5 Å². The molecule has 1 atom stereocenters. The summed E-state index contributed by atoms with van der Waals surface area (Å²) in [6.45, 7) is 5.32. The van der Waals surface area contributed by atoms with E-state index in [4.69, 9.17) is 5.73 Å². The van der Waals surface area contributed by atoms with Crippen LogP contribution in [0.1, 0.15) is 20.3 Å². The fourth-order valence-corrected chi connectivity index (χ4v) is 1.59. The van der Waals surface area contributed by atoms with Gasteiger partial charge in [0.15, 0.2) is 5.95 Å². The number of anilines is 2. The first-order valence-electron chi connectivity index (χ1n) is 6.20. The standard InChI is InChI=1S/C13H19N5/c1-3-9(2)7-16-12-6-10(4-5-15-12)11-8-17-13(14)18-11/h4-6,8-9H,3,7H2,1-2H3,(H,15,16)(H3,14,17,18). The molecular weight excluding hydrogens is 226 g/mol. The molecule has 0 aliphatic rings. The minimum atomic E-state index is 0.427. The first-order valence-corrected chi connectivity index (χ1v) is 6.20. The van der Waals surface area contributed by atoms with Crippen molar-refractivity contribution in [3.63, 3.8) is 0 Å². The van der Waals surface area contributed by atoms with Gasteiger partial charge in [0.25, 0.3) is 0 Å². The molecule has 5 nitrogen and oxygen atoms in total. The number of hydrogen-bond acceptors (Lipinski definition) is 4. The molecule has 0 aromatic carbocycles. The maximum atomic E-state index is 5.57. The molecule has 0 bridgehead atoms. The lowest BCUT2D eigenvalue weighted by atomic mass is 10.1. The minimum absolute atomic E-state index is 0.427. The highest BCUT2D eigenvalue weighted by Crippen LogP contribution is 2.19. The van der Waals surface area contributed by atoms with Gasteiger partial charge >= 0.3 is 0 Å². The Labute approximate surface area is 107 Å². The van der Waals surface area contributed by atoms with Crippen molar-refractivity contribution in [2.24, 2.45) is 5.92 Å². The molecular formula is C13H19N5. The quantitative estimate of drug-likeness (QED) is 0.756. The molecule has 5 heteroatoms. The van der Waals surface area contributed by atoms with Crippen molar-refractivity contribution < 1.29 is 0 Å². The summed E-state index contributed by atoms with van der Waals surface area (Å²) in [6, 6.07) is 3.90. The van der Waals surface area contributed by atoms with E-state index in [0.29, 0.717) is 11.9 Å². The molecule has 0 aliphatic heterocycles. The average molecular weight is 245 g/mol. The van der Waals surface area contributed by atoms with E-state index in [1.807, 2.05) is 12.1 Å². The third kappa shape index (κ3) is 3.00.